The first-order chi connectivity index (χ1) is 22.8. The molecule has 2 aromatic carbocycles. The van der Waals surface area contributed by atoms with Crippen LogP contribution in [0.1, 0.15) is 44.1 Å². The van der Waals surface area contributed by atoms with E-state index in [9.17, 15) is 14.8 Å². The van der Waals surface area contributed by atoms with Gasteiger partial charge in [0.15, 0.2) is 5.82 Å². The second-order valence-electron chi connectivity index (χ2n) is 13.1. The molecular formula is C36H36F2N6O3. The van der Waals surface area contributed by atoms with Gasteiger partial charge in [-0.1, -0.05) is 18.4 Å². The molecule has 1 N–H and O–H groups in total. The zero-order chi connectivity index (χ0) is 32.7. The molecule has 3 fully saturated rings. The van der Waals surface area contributed by atoms with Crippen LogP contribution in [0.4, 0.5) is 14.6 Å². The number of aromatic nitrogens is 3. The molecule has 0 spiro atoms. The van der Waals surface area contributed by atoms with E-state index in [4.69, 9.17) is 20.9 Å². The van der Waals surface area contributed by atoms with Crippen LogP contribution < -0.4 is 9.64 Å². The van der Waals surface area contributed by atoms with E-state index in [1.807, 2.05) is 4.90 Å². The van der Waals surface area contributed by atoms with Crippen LogP contribution in [0.15, 0.2) is 30.5 Å². The lowest BCUT2D eigenvalue weighted by molar-refractivity contribution is 0.0133. The lowest BCUT2D eigenvalue weighted by Crippen LogP contribution is -2.50. The van der Waals surface area contributed by atoms with E-state index < -0.39 is 11.6 Å². The fourth-order valence-electron chi connectivity index (χ4n) is 7.98. The number of anilines is 1. The molecule has 4 aromatic rings. The normalized spacial score (nSPS) is 23.3. The number of aromatic hydroxyl groups is 1. The van der Waals surface area contributed by atoms with Crippen LogP contribution in [0, 0.1) is 46.6 Å². The van der Waals surface area contributed by atoms with Gasteiger partial charge in [0.05, 0.1) is 36.8 Å². The number of ether oxygens (including phenoxy) is 2. The van der Waals surface area contributed by atoms with Gasteiger partial charge < -0.3 is 24.4 Å². The number of rotatable bonds is 6. The van der Waals surface area contributed by atoms with Gasteiger partial charge in [-0.2, -0.15) is 15.2 Å². The Morgan fingerprint density at radius 1 is 1.19 bits per heavy atom. The molecule has 0 radical (unpaired) electrons. The maximum atomic E-state index is 16.9. The molecule has 3 atom stereocenters. The average Bonchev–Trinajstić information content (AvgIpc) is 3.37. The molecule has 2 aromatic heterocycles. The summed E-state index contributed by atoms with van der Waals surface area (Å²) < 4.78 is 44.0. The second-order valence-corrected chi connectivity index (χ2v) is 13.1. The molecule has 3 aliphatic rings. The van der Waals surface area contributed by atoms with E-state index in [0.29, 0.717) is 62.0 Å². The van der Waals surface area contributed by atoms with Crippen molar-refractivity contribution in [2.75, 3.05) is 51.4 Å². The number of phenolic OH excluding ortho intramolecular Hbond substituents is 1. The van der Waals surface area contributed by atoms with Crippen molar-refractivity contribution < 1.29 is 23.4 Å². The van der Waals surface area contributed by atoms with E-state index in [2.05, 4.69) is 33.9 Å². The third-order valence-electron chi connectivity index (χ3n) is 10.2. The number of benzene rings is 2. The van der Waals surface area contributed by atoms with E-state index in [1.165, 1.54) is 30.5 Å². The van der Waals surface area contributed by atoms with Gasteiger partial charge in [-0.3, -0.25) is 4.98 Å². The zero-order valence-electron chi connectivity index (χ0n) is 26.3. The van der Waals surface area contributed by atoms with E-state index in [0.717, 1.165) is 38.6 Å². The van der Waals surface area contributed by atoms with Crippen LogP contribution in [0.5, 0.6) is 11.8 Å². The molecule has 2 aliphatic heterocycles. The van der Waals surface area contributed by atoms with Crippen molar-refractivity contribution in [3.63, 3.8) is 0 Å². The van der Waals surface area contributed by atoms with Crippen LogP contribution in [0.2, 0.25) is 0 Å². The van der Waals surface area contributed by atoms with Crippen molar-refractivity contribution in [1.29, 1.82) is 5.26 Å². The molecule has 1 aliphatic carbocycles. The first kappa shape index (κ1) is 31.0. The van der Waals surface area contributed by atoms with Crippen LogP contribution in [-0.4, -0.2) is 77.5 Å². The van der Waals surface area contributed by atoms with Crippen LogP contribution in [0.25, 0.3) is 32.9 Å². The summed E-state index contributed by atoms with van der Waals surface area (Å²) in [5, 5.41) is 21.0. The molecule has 0 amide bonds. The number of fused-ring (bicyclic) bond motifs is 3. The first-order valence-corrected chi connectivity index (χ1v) is 16.1. The predicted octanol–water partition coefficient (Wildman–Crippen LogP) is 5.82. The smallest absolute Gasteiger partial charge is 0.319 e. The summed E-state index contributed by atoms with van der Waals surface area (Å²) in [6.45, 7) is 3.25. The standard InChI is InChI=1S/C36H36F2N6O3/c1-3-25-28(37)8-7-23-16-24(45)17-26(30(23)25)32-31(38)33-27(18-40-32)34(44-14-15-46-20-22(19-44)9-12-39)42-35(41-33)47-21-36-10-4-6-29(36)43(2)13-5-11-36/h1,7-8,16-18,22,29,45H,4-6,9-11,13-15,19-21H2,2H3. The molecule has 0 bridgehead atoms. The minimum Gasteiger partial charge on any atom is -0.508 e. The van der Waals surface area contributed by atoms with Gasteiger partial charge in [0.1, 0.15) is 28.6 Å². The highest BCUT2D eigenvalue weighted by Crippen LogP contribution is 2.47. The number of nitrogens with zero attached hydrogens (tertiary/aromatic N) is 6. The topological polar surface area (TPSA) is 108 Å². The fourth-order valence-corrected chi connectivity index (χ4v) is 7.98. The number of terminal acetylenes is 1. The highest BCUT2D eigenvalue weighted by Gasteiger charge is 2.47. The highest BCUT2D eigenvalue weighted by atomic mass is 19.1. The highest BCUT2D eigenvalue weighted by molar-refractivity contribution is 6.03. The van der Waals surface area contributed by atoms with Gasteiger partial charge in [-0.15, -0.1) is 6.42 Å². The number of piperidine rings is 1. The zero-order valence-corrected chi connectivity index (χ0v) is 26.3. The molecule has 11 heteroatoms. The summed E-state index contributed by atoms with van der Waals surface area (Å²) in [6.07, 6.45) is 12.9. The number of hydrogen-bond donors (Lipinski definition) is 1. The van der Waals surface area contributed by atoms with Gasteiger partial charge in [0, 0.05) is 54.0 Å². The molecule has 3 unspecified atom stereocenters. The van der Waals surface area contributed by atoms with E-state index >= 15 is 4.39 Å². The van der Waals surface area contributed by atoms with E-state index in [1.54, 1.807) is 0 Å². The number of nitriles is 1. The van der Waals surface area contributed by atoms with Crippen molar-refractivity contribution in [3.05, 3.63) is 47.7 Å². The number of phenols is 1. The summed E-state index contributed by atoms with van der Waals surface area (Å²) in [6, 6.07) is 8.17. The van der Waals surface area contributed by atoms with Gasteiger partial charge in [0.2, 0.25) is 0 Å². The minimum absolute atomic E-state index is 0.0200. The Morgan fingerprint density at radius 2 is 2.04 bits per heavy atom. The van der Waals surface area contributed by atoms with E-state index in [-0.39, 0.29) is 50.8 Å². The Labute approximate surface area is 272 Å². The van der Waals surface area contributed by atoms with Crippen molar-refractivity contribution in [2.45, 2.75) is 44.6 Å². The van der Waals surface area contributed by atoms with Crippen molar-refractivity contribution in [3.8, 4) is 41.4 Å². The van der Waals surface area contributed by atoms with Crippen molar-refractivity contribution >= 4 is 27.5 Å². The summed E-state index contributed by atoms with van der Waals surface area (Å²) in [5.41, 5.74) is -0.0982. The van der Waals surface area contributed by atoms with Crippen molar-refractivity contribution in [1.82, 2.24) is 19.9 Å². The summed E-state index contributed by atoms with van der Waals surface area (Å²) in [7, 11) is 2.17. The monoisotopic (exact) mass is 638 g/mol. The molecular weight excluding hydrogens is 602 g/mol. The largest absolute Gasteiger partial charge is 0.508 e. The van der Waals surface area contributed by atoms with Gasteiger partial charge in [-0.05, 0) is 62.9 Å². The maximum absolute atomic E-state index is 16.9. The van der Waals surface area contributed by atoms with Gasteiger partial charge in [-0.25, -0.2) is 8.78 Å². The predicted molar refractivity (Wildman–Crippen MR) is 174 cm³/mol. The van der Waals surface area contributed by atoms with Crippen molar-refractivity contribution in [2.24, 2.45) is 11.3 Å². The molecule has 1 saturated carbocycles. The van der Waals surface area contributed by atoms with Crippen LogP contribution in [-0.2, 0) is 4.74 Å². The molecule has 2 saturated heterocycles. The summed E-state index contributed by atoms with van der Waals surface area (Å²) in [5.74, 6) is 1.19. The Hall–Kier alpha value is -4.58. The summed E-state index contributed by atoms with van der Waals surface area (Å²) in [4.78, 5) is 18.4. The average molecular weight is 639 g/mol. The first-order valence-electron chi connectivity index (χ1n) is 16.1. The SMILES string of the molecule is C#Cc1c(F)ccc2cc(O)cc(-c3ncc4c(N5CCOCC(CC#N)C5)nc(OCC56CCCC5N(C)CCC6)nc4c3F)c12. The molecule has 47 heavy (non-hydrogen) atoms. The van der Waals surface area contributed by atoms with Gasteiger partial charge in [0.25, 0.3) is 0 Å². The number of likely N-dealkylation sites (tertiary alicyclic amines) is 1. The lowest BCUT2D eigenvalue weighted by atomic mass is 9.76. The third-order valence-corrected chi connectivity index (χ3v) is 10.2. The lowest BCUT2D eigenvalue weighted by Gasteiger charge is -2.44. The quantitative estimate of drug-likeness (QED) is 0.262. The second kappa shape index (κ2) is 12.6. The van der Waals surface area contributed by atoms with Crippen LogP contribution in [0.3, 0.4) is 0 Å². The number of halogens is 2. The Bertz CT molecular complexity index is 1940. The maximum Gasteiger partial charge on any atom is 0.319 e. The minimum atomic E-state index is -0.774. The Balaban J connectivity index is 1.38. The fraction of sp³-hybridized carbons (Fsp3) is 0.444. The Kier molecular flexibility index (Phi) is 8.29. The third kappa shape index (κ3) is 5.58. The molecule has 9 nitrogen and oxygen atoms in total. The molecule has 242 valence electrons. The summed E-state index contributed by atoms with van der Waals surface area (Å²) >= 11 is 0. The van der Waals surface area contributed by atoms with Crippen LogP contribution >= 0.6 is 0 Å². The number of hydrogen-bond acceptors (Lipinski definition) is 9. The Morgan fingerprint density at radius 3 is 2.87 bits per heavy atom. The molecule has 7 rings (SSSR count). The molecule has 4 heterocycles. The van der Waals surface area contributed by atoms with Gasteiger partial charge >= 0.3 is 6.01 Å². The number of pyridine rings is 1.